The number of aryl methyl sites for hydroxylation is 1. The summed E-state index contributed by atoms with van der Waals surface area (Å²) in [7, 11) is 0. The predicted molar refractivity (Wildman–Crippen MR) is 71.0 cm³/mol. The number of nitrogens with zero attached hydrogens (tertiary/aromatic N) is 3. The van der Waals surface area contributed by atoms with E-state index in [1.54, 1.807) is 0 Å². The van der Waals surface area contributed by atoms with Gasteiger partial charge in [-0.3, -0.25) is 4.90 Å². The van der Waals surface area contributed by atoms with Gasteiger partial charge < -0.3 is 15.2 Å². The molecule has 7 heteroatoms. The SMILES string of the molecule is CCc1nsc(NCC(O)CN2CCOCC2)n1. The van der Waals surface area contributed by atoms with E-state index in [0.717, 1.165) is 43.7 Å². The van der Waals surface area contributed by atoms with E-state index in [-0.39, 0.29) is 0 Å². The number of aromatic nitrogens is 2. The van der Waals surface area contributed by atoms with Gasteiger partial charge in [0.05, 0.1) is 19.3 Å². The maximum Gasteiger partial charge on any atom is 0.202 e. The highest BCUT2D eigenvalue weighted by molar-refractivity contribution is 7.09. The van der Waals surface area contributed by atoms with Crippen LogP contribution < -0.4 is 5.32 Å². The summed E-state index contributed by atoms with van der Waals surface area (Å²) < 4.78 is 9.46. The van der Waals surface area contributed by atoms with Crippen LogP contribution in [0.4, 0.5) is 5.13 Å². The van der Waals surface area contributed by atoms with Crippen molar-refractivity contribution in [1.29, 1.82) is 0 Å². The summed E-state index contributed by atoms with van der Waals surface area (Å²) in [6.45, 7) is 6.53. The fourth-order valence-electron chi connectivity index (χ4n) is 1.82. The Morgan fingerprint density at radius 1 is 1.50 bits per heavy atom. The number of β-amino-alcohol motifs (C(OH)–C–C–N with tert-alkyl or cyclic N) is 1. The second kappa shape index (κ2) is 6.98. The lowest BCUT2D eigenvalue weighted by atomic mass is 10.3. The molecule has 1 aromatic heterocycles. The van der Waals surface area contributed by atoms with E-state index in [4.69, 9.17) is 4.74 Å². The summed E-state index contributed by atoms with van der Waals surface area (Å²) in [6.07, 6.45) is 0.450. The Hall–Kier alpha value is -0.760. The summed E-state index contributed by atoms with van der Waals surface area (Å²) in [6, 6.07) is 0. The van der Waals surface area contributed by atoms with Crippen molar-refractivity contribution >= 4 is 16.7 Å². The van der Waals surface area contributed by atoms with Crippen LogP contribution >= 0.6 is 11.5 Å². The Labute approximate surface area is 111 Å². The van der Waals surface area contributed by atoms with Crippen molar-refractivity contribution in [3.05, 3.63) is 5.82 Å². The molecule has 1 aliphatic rings. The minimum absolute atomic E-state index is 0.392. The molecule has 0 radical (unpaired) electrons. The van der Waals surface area contributed by atoms with Crippen molar-refractivity contribution in [2.24, 2.45) is 0 Å². The lowest BCUT2D eigenvalue weighted by molar-refractivity contribution is 0.0171. The molecule has 0 amide bonds. The molecule has 0 spiro atoms. The first-order valence-corrected chi connectivity index (χ1v) is 7.10. The highest BCUT2D eigenvalue weighted by Crippen LogP contribution is 2.11. The van der Waals surface area contributed by atoms with Gasteiger partial charge >= 0.3 is 0 Å². The number of ether oxygens (including phenoxy) is 1. The first-order chi connectivity index (χ1) is 8.78. The molecule has 1 aromatic rings. The normalized spacial score (nSPS) is 18.8. The first kappa shape index (κ1) is 13.7. The Kier molecular flexibility index (Phi) is 5.30. The van der Waals surface area contributed by atoms with Gasteiger partial charge in [0.15, 0.2) is 0 Å². The standard InChI is InChI=1S/C11H20N4O2S/c1-2-10-13-11(18-14-10)12-7-9(16)8-15-3-5-17-6-4-15/h9,16H,2-8H2,1H3,(H,12,13,14). The average Bonchev–Trinajstić information content (AvgIpc) is 2.85. The van der Waals surface area contributed by atoms with Gasteiger partial charge in [0.1, 0.15) is 5.82 Å². The summed E-state index contributed by atoms with van der Waals surface area (Å²) in [5.74, 6) is 0.852. The number of aliphatic hydroxyl groups excluding tert-OH is 1. The molecule has 1 fully saturated rings. The Bertz CT molecular complexity index is 355. The van der Waals surface area contributed by atoms with E-state index in [0.29, 0.717) is 13.1 Å². The van der Waals surface area contributed by atoms with Crippen LogP contribution in [-0.4, -0.2) is 64.9 Å². The Morgan fingerprint density at radius 3 is 2.94 bits per heavy atom. The number of aliphatic hydroxyl groups is 1. The third-order valence-electron chi connectivity index (χ3n) is 2.85. The number of nitrogens with one attached hydrogen (secondary N) is 1. The molecule has 1 saturated heterocycles. The monoisotopic (exact) mass is 272 g/mol. The quantitative estimate of drug-likeness (QED) is 0.771. The maximum atomic E-state index is 9.94. The van der Waals surface area contributed by atoms with Crippen LogP contribution in [0.1, 0.15) is 12.7 Å². The lowest BCUT2D eigenvalue weighted by Gasteiger charge is -2.28. The van der Waals surface area contributed by atoms with E-state index >= 15 is 0 Å². The molecule has 1 atom stereocenters. The van der Waals surface area contributed by atoms with Crippen LogP contribution in [-0.2, 0) is 11.2 Å². The zero-order chi connectivity index (χ0) is 12.8. The molecule has 18 heavy (non-hydrogen) atoms. The number of anilines is 1. The second-order valence-corrected chi connectivity index (χ2v) is 5.07. The number of hydrogen-bond donors (Lipinski definition) is 2. The van der Waals surface area contributed by atoms with Gasteiger partial charge in [-0.1, -0.05) is 6.92 Å². The molecular weight excluding hydrogens is 252 g/mol. The first-order valence-electron chi connectivity index (χ1n) is 6.32. The van der Waals surface area contributed by atoms with E-state index in [2.05, 4.69) is 19.6 Å². The highest BCUT2D eigenvalue weighted by Gasteiger charge is 2.15. The van der Waals surface area contributed by atoms with Gasteiger partial charge in [0.2, 0.25) is 5.13 Å². The molecule has 0 aromatic carbocycles. The lowest BCUT2D eigenvalue weighted by Crippen LogP contribution is -2.42. The summed E-state index contributed by atoms with van der Waals surface area (Å²) >= 11 is 1.35. The smallest absolute Gasteiger partial charge is 0.202 e. The van der Waals surface area contributed by atoms with Crippen molar-refractivity contribution in [1.82, 2.24) is 14.3 Å². The predicted octanol–water partition coefficient (Wildman–Crippen LogP) is 0.205. The zero-order valence-corrected chi connectivity index (χ0v) is 11.4. The van der Waals surface area contributed by atoms with Gasteiger partial charge in [0, 0.05) is 44.1 Å². The molecule has 2 rings (SSSR count). The minimum Gasteiger partial charge on any atom is -0.390 e. The van der Waals surface area contributed by atoms with Gasteiger partial charge in [0.25, 0.3) is 0 Å². The third kappa shape index (κ3) is 4.16. The van der Waals surface area contributed by atoms with Crippen molar-refractivity contribution in [3.8, 4) is 0 Å². The van der Waals surface area contributed by atoms with Crippen LogP contribution in [0.3, 0.4) is 0 Å². The Morgan fingerprint density at radius 2 is 2.28 bits per heavy atom. The molecule has 1 aliphatic heterocycles. The van der Waals surface area contributed by atoms with E-state index in [9.17, 15) is 5.11 Å². The summed E-state index contributed by atoms with van der Waals surface area (Å²) in [4.78, 5) is 6.51. The van der Waals surface area contributed by atoms with Crippen molar-refractivity contribution < 1.29 is 9.84 Å². The van der Waals surface area contributed by atoms with Crippen molar-refractivity contribution in [2.45, 2.75) is 19.4 Å². The van der Waals surface area contributed by atoms with Crippen LogP contribution in [0, 0.1) is 0 Å². The van der Waals surface area contributed by atoms with Crippen LogP contribution in [0.25, 0.3) is 0 Å². The fourth-order valence-corrected chi connectivity index (χ4v) is 2.48. The molecule has 102 valence electrons. The molecule has 2 heterocycles. The minimum atomic E-state index is -0.392. The third-order valence-corrected chi connectivity index (χ3v) is 3.56. The van der Waals surface area contributed by atoms with Crippen LogP contribution in [0.15, 0.2) is 0 Å². The highest BCUT2D eigenvalue weighted by atomic mass is 32.1. The van der Waals surface area contributed by atoms with Crippen LogP contribution in [0.5, 0.6) is 0 Å². The van der Waals surface area contributed by atoms with Crippen LogP contribution in [0.2, 0.25) is 0 Å². The number of morpholine rings is 1. The van der Waals surface area contributed by atoms with Crippen molar-refractivity contribution in [3.63, 3.8) is 0 Å². The van der Waals surface area contributed by atoms with Gasteiger partial charge in [-0.2, -0.15) is 4.37 Å². The molecular formula is C11H20N4O2S. The number of hydrogen-bond acceptors (Lipinski definition) is 7. The molecule has 1 unspecified atom stereocenters. The van der Waals surface area contributed by atoms with Gasteiger partial charge in [-0.05, 0) is 0 Å². The average molecular weight is 272 g/mol. The van der Waals surface area contributed by atoms with E-state index < -0.39 is 6.10 Å². The molecule has 0 saturated carbocycles. The summed E-state index contributed by atoms with van der Waals surface area (Å²) in [5.41, 5.74) is 0. The topological polar surface area (TPSA) is 70.5 Å². The maximum absolute atomic E-state index is 9.94. The number of rotatable bonds is 6. The molecule has 2 N–H and O–H groups in total. The Balaban J connectivity index is 1.68. The molecule has 0 bridgehead atoms. The van der Waals surface area contributed by atoms with Gasteiger partial charge in [-0.15, -0.1) is 0 Å². The van der Waals surface area contributed by atoms with E-state index in [1.807, 2.05) is 6.92 Å². The second-order valence-electron chi connectivity index (χ2n) is 4.32. The zero-order valence-electron chi connectivity index (χ0n) is 10.6. The largest absolute Gasteiger partial charge is 0.390 e. The summed E-state index contributed by atoms with van der Waals surface area (Å²) in [5, 5.41) is 13.8. The van der Waals surface area contributed by atoms with Crippen molar-refractivity contribution in [2.75, 3.05) is 44.7 Å². The van der Waals surface area contributed by atoms with Gasteiger partial charge in [-0.25, -0.2) is 4.98 Å². The molecule has 6 nitrogen and oxygen atoms in total. The fraction of sp³-hybridized carbons (Fsp3) is 0.818. The van der Waals surface area contributed by atoms with E-state index in [1.165, 1.54) is 11.5 Å². The molecule has 0 aliphatic carbocycles.